The number of nitro groups is 2. The summed E-state index contributed by atoms with van der Waals surface area (Å²) in [6.07, 6.45) is -0.958. The van der Waals surface area contributed by atoms with Crippen LogP contribution < -0.4 is 5.32 Å². The van der Waals surface area contributed by atoms with E-state index in [2.05, 4.69) is 5.32 Å². The molecule has 0 radical (unpaired) electrons. The highest BCUT2D eigenvalue weighted by Crippen LogP contribution is 2.44. The van der Waals surface area contributed by atoms with E-state index < -0.39 is 60.8 Å². The van der Waals surface area contributed by atoms with E-state index in [9.17, 15) is 38.8 Å². The zero-order valence-corrected chi connectivity index (χ0v) is 20.9. The normalized spacial score (nSPS) is 23.1. The van der Waals surface area contributed by atoms with Gasteiger partial charge in [-0.15, -0.1) is 0 Å². The molecule has 2 saturated heterocycles. The van der Waals surface area contributed by atoms with Gasteiger partial charge in [0.05, 0.1) is 25.4 Å². The van der Waals surface area contributed by atoms with Crippen molar-refractivity contribution < 1.29 is 37.9 Å². The van der Waals surface area contributed by atoms with Gasteiger partial charge in [0.2, 0.25) is 5.91 Å². The smallest absolute Gasteiger partial charge is 0.408 e. The molecular formula is C23H22N4O10S. The van der Waals surface area contributed by atoms with Crippen molar-refractivity contribution in [2.75, 3.05) is 0 Å². The van der Waals surface area contributed by atoms with E-state index in [0.29, 0.717) is 11.1 Å². The number of nitrogens with zero attached hydrogens (tertiary/aromatic N) is 3. The molecule has 0 bridgehead atoms. The predicted octanol–water partition coefficient (Wildman–Crippen LogP) is 1.92. The first-order valence-corrected chi connectivity index (χ1v) is 12.4. The zero-order chi connectivity index (χ0) is 27.8. The van der Waals surface area contributed by atoms with Crippen LogP contribution in [0.2, 0.25) is 0 Å². The minimum Gasteiger partial charge on any atom is -0.459 e. The standard InChI is InChI=1S/C23H22N4O10S/c1-23(2)18(21(29)36-11-13-3-7-15(8-4-13)26(31)32)25-19(28)17(20(25)38(23)35)24-22(30)37-12-14-5-9-16(10-6-14)27(33)34/h3-10,17-18,20H,11-12H2,1-2H3,(H,24,30)/t17-,18+,20-,38-/m1/s1. The molecule has 2 aliphatic rings. The lowest BCUT2D eigenvalue weighted by Gasteiger charge is -2.43. The maximum absolute atomic E-state index is 13.2. The molecule has 2 amide bonds. The van der Waals surface area contributed by atoms with Crippen LogP contribution in [0, 0.1) is 20.2 Å². The Labute approximate surface area is 217 Å². The molecule has 0 unspecified atom stereocenters. The first kappa shape index (κ1) is 26.7. The molecule has 1 N–H and O–H groups in total. The molecule has 2 aliphatic heterocycles. The van der Waals surface area contributed by atoms with Crippen LogP contribution in [0.5, 0.6) is 0 Å². The highest BCUT2D eigenvalue weighted by Gasteiger charge is 2.68. The number of benzene rings is 2. The van der Waals surface area contributed by atoms with Crippen molar-refractivity contribution >= 4 is 40.1 Å². The fraction of sp³-hybridized carbons (Fsp3) is 0.348. The van der Waals surface area contributed by atoms with Crippen molar-refractivity contribution in [2.45, 2.75) is 49.3 Å². The summed E-state index contributed by atoms with van der Waals surface area (Å²) >= 11 is 0. The molecule has 200 valence electrons. The largest absolute Gasteiger partial charge is 0.459 e. The number of non-ortho nitro benzene ring substituents is 2. The molecule has 14 nitrogen and oxygen atoms in total. The number of ether oxygens (including phenoxy) is 2. The van der Waals surface area contributed by atoms with Gasteiger partial charge >= 0.3 is 12.1 Å². The van der Waals surface area contributed by atoms with Crippen LogP contribution in [0.1, 0.15) is 25.0 Å². The Hall–Kier alpha value is -4.40. The fourth-order valence-electron chi connectivity index (χ4n) is 4.25. The number of β-lactam (4-membered cyclic amide) rings is 1. The Morgan fingerprint density at radius 1 is 0.947 bits per heavy atom. The summed E-state index contributed by atoms with van der Waals surface area (Å²) in [6.45, 7) is 2.68. The van der Waals surface area contributed by atoms with Crippen LogP contribution in [0.4, 0.5) is 16.2 Å². The van der Waals surface area contributed by atoms with E-state index in [-0.39, 0.29) is 24.6 Å². The molecular weight excluding hydrogens is 524 g/mol. The number of hydrogen-bond donors (Lipinski definition) is 1. The Balaban J connectivity index is 1.36. The SMILES string of the molecule is CC1(C)[C@H](C(=O)OCc2ccc([N+](=O)[O-])cc2)N2C(=O)[C@@H](NC(=O)OCc3ccc([N+](=O)[O-])cc3)[C@H]2[S@]1=O. The molecule has 0 aromatic heterocycles. The summed E-state index contributed by atoms with van der Waals surface area (Å²) in [5.74, 6) is -1.42. The van der Waals surface area contributed by atoms with Gasteiger partial charge in [0, 0.05) is 24.3 Å². The van der Waals surface area contributed by atoms with E-state index in [4.69, 9.17) is 9.47 Å². The molecule has 4 atom stereocenters. The molecule has 0 saturated carbocycles. The average Bonchev–Trinajstić information content (AvgIpc) is 3.07. The molecule has 15 heteroatoms. The van der Waals surface area contributed by atoms with Crippen LogP contribution in [0.15, 0.2) is 48.5 Å². The number of fused-ring (bicyclic) bond motifs is 1. The van der Waals surface area contributed by atoms with Gasteiger partial charge in [-0.1, -0.05) is 0 Å². The summed E-state index contributed by atoms with van der Waals surface area (Å²) in [5, 5.41) is 22.9. The van der Waals surface area contributed by atoms with Gasteiger partial charge in [0.15, 0.2) is 0 Å². The second-order valence-electron chi connectivity index (χ2n) is 9.09. The number of nitrogens with one attached hydrogen (secondary N) is 1. The molecule has 2 heterocycles. The van der Waals surface area contributed by atoms with E-state index in [1.807, 2.05) is 0 Å². The number of hydrogen-bond acceptors (Lipinski definition) is 10. The van der Waals surface area contributed by atoms with E-state index in [0.717, 1.165) is 4.90 Å². The minimum absolute atomic E-state index is 0.119. The van der Waals surface area contributed by atoms with Crippen molar-refractivity contribution in [1.29, 1.82) is 0 Å². The van der Waals surface area contributed by atoms with Crippen LogP contribution >= 0.6 is 0 Å². The lowest BCUT2D eigenvalue weighted by atomic mass is 9.96. The predicted molar refractivity (Wildman–Crippen MR) is 130 cm³/mol. The van der Waals surface area contributed by atoms with Gasteiger partial charge in [-0.25, -0.2) is 9.59 Å². The maximum atomic E-state index is 13.2. The Bertz CT molecular complexity index is 1330. The van der Waals surface area contributed by atoms with Crippen molar-refractivity contribution in [3.05, 3.63) is 79.9 Å². The third-order valence-corrected chi connectivity index (χ3v) is 8.49. The summed E-state index contributed by atoms with van der Waals surface area (Å²) in [6, 6.07) is 8.41. The third kappa shape index (κ3) is 4.91. The van der Waals surface area contributed by atoms with E-state index in [1.165, 1.54) is 48.5 Å². The second kappa shape index (κ2) is 10.2. The van der Waals surface area contributed by atoms with Crippen molar-refractivity contribution in [3.63, 3.8) is 0 Å². The number of alkyl carbamates (subject to hydrolysis) is 1. The van der Waals surface area contributed by atoms with E-state index in [1.54, 1.807) is 13.8 Å². The minimum atomic E-state index is -1.75. The Kier molecular flexibility index (Phi) is 7.13. The topological polar surface area (TPSA) is 188 Å². The summed E-state index contributed by atoms with van der Waals surface area (Å²) < 4.78 is 22.4. The second-order valence-corrected chi connectivity index (χ2v) is 11.2. The van der Waals surface area contributed by atoms with Gasteiger partial charge in [0.1, 0.15) is 30.7 Å². The van der Waals surface area contributed by atoms with Gasteiger partial charge < -0.3 is 19.7 Å². The maximum Gasteiger partial charge on any atom is 0.408 e. The fourth-order valence-corrected chi connectivity index (χ4v) is 6.17. The highest BCUT2D eigenvalue weighted by atomic mass is 32.2. The van der Waals surface area contributed by atoms with Gasteiger partial charge in [-0.05, 0) is 49.2 Å². The molecule has 4 rings (SSSR count). The van der Waals surface area contributed by atoms with Crippen molar-refractivity contribution in [1.82, 2.24) is 10.2 Å². The van der Waals surface area contributed by atoms with Gasteiger partial charge in [-0.2, -0.15) is 0 Å². The quantitative estimate of drug-likeness (QED) is 0.222. The first-order chi connectivity index (χ1) is 17.9. The summed E-state index contributed by atoms with van der Waals surface area (Å²) in [7, 11) is -1.75. The Morgan fingerprint density at radius 3 is 1.89 bits per heavy atom. The lowest BCUT2D eigenvalue weighted by Crippen LogP contribution is -2.71. The van der Waals surface area contributed by atoms with Gasteiger partial charge in [-0.3, -0.25) is 29.2 Å². The number of amides is 2. The van der Waals surface area contributed by atoms with Gasteiger partial charge in [0.25, 0.3) is 11.4 Å². The summed E-state index contributed by atoms with van der Waals surface area (Å²) in [4.78, 5) is 59.6. The number of carbonyl (C=O) groups is 3. The molecule has 0 spiro atoms. The van der Waals surface area contributed by atoms with Crippen LogP contribution in [-0.4, -0.2) is 59.1 Å². The molecule has 38 heavy (non-hydrogen) atoms. The van der Waals surface area contributed by atoms with Crippen LogP contribution in [-0.2, 0) is 43.1 Å². The summed E-state index contributed by atoms with van der Waals surface area (Å²) in [5.41, 5.74) is 0.730. The van der Waals surface area contributed by atoms with Crippen LogP contribution in [0.25, 0.3) is 0 Å². The molecule has 2 aromatic carbocycles. The third-order valence-electron chi connectivity index (χ3n) is 6.30. The number of rotatable bonds is 8. The van der Waals surface area contributed by atoms with E-state index >= 15 is 0 Å². The molecule has 0 aliphatic carbocycles. The molecule has 2 fully saturated rings. The highest BCUT2D eigenvalue weighted by molar-refractivity contribution is 7.87. The Morgan fingerprint density at radius 2 is 1.42 bits per heavy atom. The van der Waals surface area contributed by atoms with Crippen LogP contribution in [0.3, 0.4) is 0 Å². The lowest BCUT2D eigenvalue weighted by molar-refractivity contribution is -0.385. The number of carbonyl (C=O) groups excluding carboxylic acids is 3. The molecule has 2 aromatic rings. The number of esters is 1. The first-order valence-electron chi connectivity index (χ1n) is 11.2. The zero-order valence-electron chi connectivity index (χ0n) is 20.1. The average molecular weight is 547 g/mol. The van der Waals surface area contributed by atoms with Crippen molar-refractivity contribution in [3.8, 4) is 0 Å². The number of nitro benzene ring substituents is 2. The monoisotopic (exact) mass is 546 g/mol. The van der Waals surface area contributed by atoms with Crippen molar-refractivity contribution in [2.24, 2.45) is 0 Å².